The Kier molecular flexibility index (Phi) is 4.38. The highest BCUT2D eigenvalue weighted by Gasteiger charge is 2.30. The van der Waals surface area contributed by atoms with Gasteiger partial charge in [0.15, 0.2) is 9.84 Å². The van der Waals surface area contributed by atoms with Crippen molar-refractivity contribution in [2.24, 2.45) is 10.2 Å². The van der Waals surface area contributed by atoms with Gasteiger partial charge in [0.05, 0.1) is 11.5 Å². The molecule has 0 unspecified atom stereocenters. The molecule has 19 heavy (non-hydrogen) atoms. The van der Waals surface area contributed by atoms with Crippen LogP contribution in [0.3, 0.4) is 0 Å². The minimum Gasteiger partial charge on any atom is -0.550 e. The van der Waals surface area contributed by atoms with Gasteiger partial charge in [-0.2, -0.15) is 5.10 Å². The number of amides is 1. The molecule has 2 heterocycles. The molecule has 1 saturated heterocycles. The van der Waals surface area contributed by atoms with E-state index in [0.717, 1.165) is 11.8 Å². The average Bonchev–Trinajstić information content (AvgIpc) is 2.86. The maximum atomic E-state index is 11.4. The second-order valence-electron chi connectivity index (χ2n) is 3.46. The fourth-order valence-corrected chi connectivity index (χ4v) is 2.50. The highest BCUT2D eigenvalue weighted by atomic mass is 79.9. The molecule has 1 aromatic rings. The molecule has 1 aliphatic heterocycles. The zero-order chi connectivity index (χ0) is 13.8. The Balaban J connectivity index is 1.96. The SMILES string of the molecule is O=C([O-])C[C@@H]1S/C(=N\N=C/c2ccc(Br)o2)NC1=O. The lowest BCUT2D eigenvalue weighted by molar-refractivity contribution is -0.305. The lowest BCUT2D eigenvalue weighted by atomic mass is 10.3. The van der Waals surface area contributed by atoms with E-state index in [1.807, 2.05) is 0 Å². The number of amidine groups is 1. The molecule has 0 spiro atoms. The first-order valence-corrected chi connectivity index (χ1v) is 6.75. The summed E-state index contributed by atoms with van der Waals surface area (Å²) in [6.45, 7) is 0. The maximum Gasteiger partial charge on any atom is 0.239 e. The van der Waals surface area contributed by atoms with E-state index in [2.05, 4.69) is 31.4 Å². The molecular weight excluding hydrogens is 338 g/mol. The molecule has 100 valence electrons. The highest BCUT2D eigenvalue weighted by molar-refractivity contribution is 9.10. The van der Waals surface area contributed by atoms with Crippen LogP contribution in [0.5, 0.6) is 0 Å². The number of rotatable bonds is 4. The minimum absolute atomic E-state index is 0.248. The first kappa shape index (κ1) is 13.8. The molecule has 2 rings (SSSR count). The minimum atomic E-state index is -1.28. The van der Waals surface area contributed by atoms with Gasteiger partial charge >= 0.3 is 0 Å². The van der Waals surface area contributed by atoms with Crippen LogP contribution < -0.4 is 10.4 Å². The lowest BCUT2D eigenvalue weighted by Crippen LogP contribution is -2.31. The zero-order valence-corrected chi connectivity index (χ0v) is 11.7. The van der Waals surface area contributed by atoms with E-state index in [-0.39, 0.29) is 11.6 Å². The Morgan fingerprint density at radius 1 is 1.63 bits per heavy atom. The molecule has 1 amide bonds. The van der Waals surface area contributed by atoms with Crippen LogP contribution in [0, 0.1) is 0 Å². The molecule has 0 aromatic carbocycles. The number of thioether (sulfide) groups is 1. The first-order valence-electron chi connectivity index (χ1n) is 5.08. The predicted octanol–water partition coefficient (Wildman–Crippen LogP) is 0.104. The number of nitrogens with zero attached hydrogens (tertiary/aromatic N) is 2. The summed E-state index contributed by atoms with van der Waals surface area (Å²) in [6.07, 6.45) is 1.01. The van der Waals surface area contributed by atoms with Gasteiger partial charge in [-0.15, -0.1) is 5.10 Å². The third-order valence-corrected chi connectivity index (χ3v) is 3.55. The van der Waals surface area contributed by atoms with Crippen LogP contribution in [-0.2, 0) is 9.59 Å². The van der Waals surface area contributed by atoms with E-state index in [9.17, 15) is 14.7 Å². The molecule has 0 saturated carbocycles. The van der Waals surface area contributed by atoms with Crippen LogP contribution in [-0.4, -0.2) is 28.5 Å². The van der Waals surface area contributed by atoms with Crippen molar-refractivity contribution in [3.8, 4) is 0 Å². The second kappa shape index (κ2) is 6.02. The number of furan rings is 1. The quantitative estimate of drug-likeness (QED) is 0.615. The van der Waals surface area contributed by atoms with Crippen LogP contribution in [0.15, 0.2) is 31.4 Å². The third-order valence-electron chi connectivity index (χ3n) is 2.06. The summed E-state index contributed by atoms with van der Waals surface area (Å²) in [6, 6.07) is 3.39. The van der Waals surface area contributed by atoms with Gasteiger partial charge in [0.25, 0.3) is 0 Å². The number of hydrogen-bond acceptors (Lipinski definition) is 7. The number of carbonyl (C=O) groups excluding carboxylic acids is 2. The van der Waals surface area contributed by atoms with Crippen LogP contribution in [0.2, 0.25) is 0 Å². The Labute approximate surface area is 120 Å². The fraction of sp³-hybridized carbons (Fsp3) is 0.200. The number of carboxylic acids is 1. The van der Waals surface area contributed by atoms with Gasteiger partial charge < -0.3 is 19.6 Å². The monoisotopic (exact) mass is 344 g/mol. The van der Waals surface area contributed by atoms with Gasteiger partial charge in [0.1, 0.15) is 5.76 Å². The van der Waals surface area contributed by atoms with Crippen molar-refractivity contribution in [3.63, 3.8) is 0 Å². The van der Waals surface area contributed by atoms with Crippen LogP contribution in [0.1, 0.15) is 12.2 Å². The number of aliphatic carboxylic acids is 1. The van der Waals surface area contributed by atoms with E-state index in [1.54, 1.807) is 12.1 Å². The summed E-state index contributed by atoms with van der Waals surface area (Å²) in [5, 5.41) is 19.9. The van der Waals surface area contributed by atoms with E-state index >= 15 is 0 Å². The Bertz CT molecular complexity index is 569. The number of carboxylic acid groups (broad SMARTS) is 1. The lowest BCUT2D eigenvalue weighted by Gasteiger charge is -2.04. The van der Waals surface area contributed by atoms with Crippen LogP contribution in [0.25, 0.3) is 0 Å². The summed E-state index contributed by atoms with van der Waals surface area (Å²) in [4.78, 5) is 21.8. The molecule has 0 radical (unpaired) electrons. The van der Waals surface area contributed by atoms with Gasteiger partial charge in [-0.3, -0.25) is 4.79 Å². The maximum absolute atomic E-state index is 11.4. The Hall–Kier alpha value is -1.61. The fourth-order valence-electron chi connectivity index (χ4n) is 1.27. The molecular formula is C10H7BrN3O4S-. The van der Waals surface area contributed by atoms with Crippen LogP contribution >= 0.6 is 27.7 Å². The van der Waals surface area contributed by atoms with E-state index < -0.39 is 17.1 Å². The first-order chi connectivity index (χ1) is 9.04. The molecule has 0 bridgehead atoms. The zero-order valence-electron chi connectivity index (χ0n) is 9.33. The van der Waals surface area contributed by atoms with Gasteiger partial charge in [-0.05, 0) is 28.1 Å². The average molecular weight is 345 g/mol. The van der Waals surface area contributed by atoms with Crippen LogP contribution in [0.4, 0.5) is 0 Å². The van der Waals surface area contributed by atoms with Crippen molar-refractivity contribution in [1.82, 2.24) is 5.32 Å². The van der Waals surface area contributed by atoms with Gasteiger partial charge in [0.2, 0.25) is 5.91 Å². The summed E-state index contributed by atoms with van der Waals surface area (Å²) in [5.74, 6) is -1.20. The number of carbonyl (C=O) groups is 2. The molecule has 1 aromatic heterocycles. The van der Waals surface area contributed by atoms with Crippen molar-refractivity contribution in [2.45, 2.75) is 11.7 Å². The molecule has 0 aliphatic carbocycles. The summed E-state index contributed by atoms with van der Waals surface area (Å²) < 4.78 is 5.73. The van der Waals surface area contributed by atoms with Crippen molar-refractivity contribution in [3.05, 3.63) is 22.6 Å². The topological polar surface area (TPSA) is 107 Å². The van der Waals surface area contributed by atoms with Crippen molar-refractivity contribution in [2.75, 3.05) is 0 Å². The third kappa shape index (κ3) is 3.93. The predicted molar refractivity (Wildman–Crippen MR) is 70.6 cm³/mol. The number of hydrogen-bond donors (Lipinski definition) is 1. The second-order valence-corrected chi connectivity index (χ2v) is 5.44. The molecule has 1 atom stereocenters. The molecule has 1 aliphatic rings. The highest BCUT2D eigenvalue weighted by Crippen LogP contribution is 2.22. The number of nitrogens with one attached hydrogen (secondary N) is 1. The van der Waals surface area contributed by atoms with E-state index in [1.165, 1.54) is 6.21 Å². The van der Waals surface area contributed by atoms with Gasteiger partial charge in [-0.1, -0.05) is 11.8 Å². The number of halogens is 1. The largest absolute Gasteiger partial charge is 0.550 e. The van der Waals surface area contributed by atoms with Gasteiger partial charge in [0, 0.05) is 12.4 Å². The van der Waals surface area contributed by atoms with E-state index in [4.69, 9.17) is 4.42 Å². The molecule has 1 N–H and O–H groups in total. The molecule has 1 fully saturated rings. The van der Waals surface area contributed by atoms with Crippen molar-refractivity contribution >= 4 is 51.0 Å². The Morgan fingerprint density at radius 3 is 3.05 bits per heavy atom. The normalized spacial score (nSPS) is 21.2. The van der Waals surface area contributed by atoms with Gasteiger partial charge in [-0.25, -0.2) is 0 Å². The Morgan fingerprint density at radius 2 is 2.42 bits per heavy atom. The molecule has 7 nitrogen and oxygen atoms in total. The van der Waals surface area contributed by atoms with Crippen molar-refractivity contribution < 1.29 is 19.1 Å². The summed E-state index contributed by atoms with van der Waals surface area (Å²) in [7, 11) is 0. The molecule has 9 heteroatoms. The smallest absolute Gasteiger partial charge is 0.239 e. The standard InChI is InChI=1S/C10H8BrN3O4S/c11-7-2-1-5(18-7)4-12-14-10-13-9(17)6(19-10)3-8(15)16/h1-2,4,6H,3H2,(H,15,16)(H,13,14,17)/p-1/b12-4-/t6-/m0/s1. The summed E-state index contributed by atoms with van der Waals surface area (Å²) in [5.41, 5.74) is 0. The summed E-state index contributed by atoms with van der Waals surface area (Å²) >= 11 is 4.14. The van der Waals surface area contributed by atoms with E-state index in [0.29, 0.717) is 10.4 Å². The van der Waals surface area contributed by atoms with Crippen molar-refractivity contribution in [1.29, 1.82) is 0 Å².